The van der Waals surface area contributed by atoms with Crippen LogP contribution in [0.3, 0.4) is 0 Å². The molecule has 2 aliphatic heterocycles. The Labute approximate surface area is 132 Å². The fraction of sp³-hybridized carbons (Fsp3) is 1.00. The Balaban J connectivity index is 1.59. The third-order valence-corrected chi connectivity index (χ3v) is 4.97. The topological polar surface area (TPSA) is 18.5 Å². The Morgan fingerprint density at radius 3 is 2.19 bits per heavy atom. The first kappa shape index (κ1) is 17.2. The van der Waals surface area contributed by atoms with Crippen molar-refractivity contribution in [2.45, 2.75) is 58.9 Å². The van der Waals surface area contributed by atoms with Gasteiger partial charge in [-0.15, -0.1) is 0 Å². The molecule has 3 nitrogen and oxygen atoms in total. The summed E-state index contributed by atoms with van der Waals surface area (Å²) in [4.78, 5) is 5.38. The number of nitrogens with zero attached hydrogens (tertiary/aromatic N) is 2. The molecule has 0 bridgehead atoms. The van der Waals surface area contributed by atoms with Gasteiger partial charge < -0.3 is 15.1 Å². The molecule has 0 aromatic heterocycles. The number of hydrogen-bond acceptors (Lipinski definition) is 3. The molecule has 3 heteroatoms. The maximum Gasteiger partial charge on any atom is 0.00966 e. The highest BCUT2D eigenvalue weighted by atomic mass is 15.2. The largest absolute Gasteiger partial charge is 0.312 e. The second-order valence-corrected chi connectivity index (χ2v) is 8.49. The van der Waals surface area contributed by atoms with Crippen LogP contribution in [-0.2, 0) is 0 Å². The minimum absolute atomic E-state index is 0.247. The standard InChI is InChI=1S/C18H37N3/c1-16(13-19-18(2,3)4)14-21-11-7-17(8-12-21)15-20-9-5-6-10-20/h16-17,19H,5-15H2,1-4H3. The van der Waals surface area contributed by atoms with E-state index in [1.54, 1.807) is 0 Å². The smallest absolute Gasteiger partial charge is 0.00966 e. The predicted octanol–water partition coefficient (Wildman–Crippen LogP) is 2.82. The monoisotopic (exact) mass is 295 g/mol. The lowest BCUT2D eigenvalue weighted by Crippen LogP contribution is -2.44. The summed E-state index contributed by atoms with van der Waals surface area (Å²) in [7, 11) is 0. The Bertz CT molecular complexity index is 283. The molecule has 2 rings (SSSR count). The van der Waals surface area contributed by atoms with E-state index in [1.165, 1.54) is 65.0 Å². The fourth-order valence-corrected chi connectivity index (χ4v) is 3.67. The number of hydrogen-bond donors (Lipinski definition) is 1. The van der Waals surface area contributed by atoms with Crippen molar-refractivity contribution in [2.24, 2.45) is 11.8 Å². The van der Waals surface area contributed by atoms with Crippen LogP contribution in [0.2, 0.25) is 0 Å². The van der Waals surface area contributed by atoms with E-state index >= 15 is 0 Å². The summed E-state index contributed by atoms with van der Waals surface area (Å²) < 4.78 is 0. The second-order valence-electron chi connectivity index (χ2n) is 8.49. The van der Waals surface area contributed by atoms with Crippen molar-refractivity contribution in [3.8, 4) is 0 Å². The number of piperidine rings is 1. The van der Waals surface area contributed by atoms with Crippen molar-refractivity contribution >= 4 is 0 Å². The van der Waals surface area contributed by atoms with Crippen molar-refractivity contribution in [1.29, 1.82) is 0 Å². The van der Waals surface area contributed by atoms with Crippen LogP contribution in [0.5, 0.6) is 0 Å². The minimum Gasteiger partial charge on any atom is -0.312 e. The third-order valence-electron chi connectivity index (χ3n) is 4.97. The summed E-state index contributed by atoms with van der Waals surface area (Å²) in [5, 5.41) is 3.63. The molecule has 2 fully saturated rings. The lowest BCUT2D eigenvalue weighted by atomic mass is 9.95. The first-order valence-electron chi connectivity index (χ1n) is 9.12. The van der Waals surface area contributed by atoms with Crippen molar-refractivity contribution in [3.63, 3.8) is 0 Å². The maximum absolute atomic E-state index is 3.63. The Morgan fingerprint density at radius 1 is 1.00 bits per heavy atom. The predicted molar refractivity (Wildman–Crippen MR) is 91.8 cm³/mol. The lowest BCUT2D eigenvalue weighted by Gasteiger charge is -2.35. The zero-order valence-corrected chi connectivity index (χ0v) is 14.8. The SMILES string of the molecule is CC(CNC(C)(C)C)CN1CCC(CN2CCCC2)CC1. The molecule has 124 valence electrons. The van der Waals surface area contributed by atoms with Crippen LogP contribution in [0.15, 0.2) is 0 Å². The lowest BCUT2D eigenvalue weighted by molar-refractivity contribution is 0.138. The van der Waals surface area contributed by atoms with Gasteiger partial charge in [-0.05, 0) is 91.0 Å². The Kier molecular flexibility index (Phi) is 6.51. The molecular weight excluding hydrogens is 258 g/mol. The van der Waals surface area contributed by atoms with Crippen LogP contribution in [0.25, 0.3) is 0 Å². The van der Waals surface area contributed by atoms with Gasteiger partial charge in [0.1, 0.15) is 0 Å². The van der Waals surface area contributed by atoms with Crippen LogP contribution in [-0.4, -0.2) is 61.2 Å². The van der Waals surface area contributed by atoms with E-state index in [-0.39, 0.29) is 5.54 Å². The van der Waals surface area contributed by atoms with Crippen LogP contribution in [0.1, 0.15) is 53.4 Å². The number of rotatable bonds is 6. The van der Waals surface area contributed by atoms with Gasteiger partial charge in [-0.25, -0.2) is 0 Å². The first-order valence-corrected chi connectivity index (χ1v) is 9.12. The normalized spacial score (nSPS) is 24.6. The Hall–Kier alpha value is -0.120. The second kappa shape index (κ2) is 7.94. The molecule has 2 aliphatic rings. The molecular formula is C18H37N3. The molecule has 0 aliphatic carbocycles. The quantitative estimate of drug-likeness (QED) is 0.813. The van der Waals surface area contributed by atoms with Crippen LogP contribution < -0.4 is 5.32 Å². The maximum atomic E-state index is 3.63. The van der Waals surface area contributed by atoms with Crippen molar-refractivity contribution in [3.05, 3.63) is 0 Å². The molecule has 1 atom stereocenters. The molecule has 2 heterocycles. The van der Waals surface area contributed by atoms with Gasteiger partial charge in [0.2, 0.25) is 0 Å². The van der Waals surface area contributed by atoms with Crippen LogP contribution in [0.4, 0.5) is 0 Å². The highest BCUT2D eigenvalue weighted by Gasteiger charge is 2.23. The number of nitrogens with one attached hydrogen (secondary N) is 1. The van der Waals surface area contributed by atoms with E-state index in [1.807, 2.05) is 0 Å². The van der Waals surface area contributed by atoms with Gasteiger partial charge >= 0.3 is 0 Å². The molecule has 1 N–H and O–H groups in total. The average Bonchev–Trinajstić information content (AvgIpc) is 2.91. The van der Waals surface area contributed by atoms with E-state index in [9.17, 15) is 0 Å². The van der Waals surface area contributed by atoms with E-state index in [2.05, 4.69) is 42.8 Å². The van der Waals surface area contributed by atoms with Gasteiger partial charge in [0.05, 0.1) is 0 Å². The summed E-state index contributed by atoms with van der Waals surface area (Å²) in [5.41, 5.74) is 0.247. The number of likely N-dealkylation sites (tertiary alicyclic amines) is 2. The highest BCUT2D eigenvalue weighted by molar-refractivity contribution is 4.79. The molecule has 0 saturated carbocycles. The molecule has 0 amide bonds. The van der Waals surface area contributed by atoms with Crippen molar-refractivity contribution in [1.82, 2.24) is 15.1 Å². The first-order chi connectivity index (χ1) is 9.92. The van der Waals surface area contributed by atoms with Crippen LogP contribution >= 0.6 is 0 Å². The van der Waals surface area contributed by atoms with Gasteiger partial charge in [0.25, 0.3) is 0 Å². The zero-order chi connectivity index (χ0) is 15.3. The van der Waals surface area contributed by atoms with Gasteiger partial charge in [-0.2, -0.15) is 0 Å². The molecule has 0 spiro atoms. The van der Waals surface area contributed by atoms with Gasteiger partial charge in [-0.1, -0.05) is 6.92 Å². The summed E-state index contributed by atoms with van der Waals surface area (Å²) in [6.45, 7) is 18.3. The summed E-state index contributed by atoms with van der Waals surface area (Å²) in [6.07, 6.45) is 5.68. The summed E-state index contributed by atoms with van der Waals surface area (Å²) in [5.74, 6) is 1.71. The molecule has 1 unspecified atom stereocenters. The summed E-state index contributed by atoms with van der Waals surface area (Å²) >= 11 is 0. The van der Waals surface area contributed by atoms with Crippen molar-refractivity contribution < 1.29 is 0 Å². The van der Waals surface area contributed by atoms with E-state index in [0.717, 1.165) is 18.4 Å². The van der Waals surface area contributed by atoms with Gasteiger partial charge in [0.15, 0.2) is 0 Å². The Morgan fingerprint density at radius 2 is 1.62 bits per heavy atom. The zero-order valence-electron chi connectivity index (χ0n) is 14.8. The average molecular weight is 296 g/mol. The molecule has 0 radical (unpaired) electrons. The molecule has 0 aromatic rings. The fourth-order valence-electron chi connectivity index (χ4n) is 3.67. The van der Waals surface area contributed by atoms with Crippen LogP contribution in [0, 0.1) is 11.8 Å². The van der Waals surface area contributed by atoms with Crippen molar-refractivity contribution in [2.75, 3.05) is 45.8 Å². The van der Waals surface area contributed by atoms with E-state index < -0.39 is 0 Å². The molecule has 0 aromatic carbocycles. The van der Waals surface area contributed by atoms with Gasteiger partial charge in [-0.3, -0.25) is 0 Å². The minimum atomic E-state index is 0.247. The highest BCUT2D eigenvalue weighted by Crippen LogP contribution is 2.21. The summed E-state index contributed by atoms with van der Waals surface area (Å²) in [6, 6.07) is 0. The molecule has 2 saturated heterocycles. The molecule has 21 heavy (non-hydrogen) atoms. The van der Waals surface area contributed by atoms with E-state index in [4.69, 9.17) is 0 Å². The van der Waals surface area contributed by atoms with E-state index in [0.29, 0.717) is 0 Å². The van der Waals surface area contributed by atoms with Gasteiger partial charge in [0, 0.05) is 18.6 Å². The third kappa shape index (κ3) is 6.66.